The Labute approximate surface area is 117 Å². The van der Waals surface area contributed by atoms with Gasteiger partial charge in [0.25, 0.3) is 0 Å². The topological polar surface area (TPSA) is 107 Å². The number of nitrogen functional groups attached to an aromatic ring is 1. The Kier molecular flexibility index (Phi) is 3.82. The Morgan fingerprint density at radius 3 is 2.15 bits per heavy atom. The molecule has 0 aliphatic carbocycles. The lowest BCUT2D eigenvalue weighted by Gasteiger charge is -2.10. The summed E-state index contributed by atoms with van der Waals surface area (Å²) in [5.74, 6) is 0.750. The minimum atomic E-state index is -3.80. The van der Waals surface area contributed by atoms with Crippen molar-refractivity contribution in [3.05, 3.63) is 42.5 Å². The van der Waals surface area contributed by atoms with Gasteiger partial charge in [0, 0.05) is 11.4 Å². The maximum absolute atomic E-state index is 11.3. The molecule has 0 aliphatic heterocycles. The molecule has 0 fully saturated rings. The molecule has 2 aromatic rings. The summed E-state index contributed by atoms with van der Waals surface area (Å²) in [5.41, 5.74) is 7.28. The van der Waals surface area contributed by atoms with E-state index in [9.17, 15) is 8.42 Å². The predicted octanol–water partition coefficient (Wildman–Crippen LogP) is 1.67. The van der Waals surface area contributed by atoms with E-state index in [1.165, 1.54) is 12.1 Å². The van der Waals surface area contributed by atoms with Crippen molar-refractivity contribution in [3.63, 3.8) is 0 Å². The molecule has 0 spiro atoms. The fourth-order valence-corrected chi connectivity index (χ4v) is 2.37. The highest BCUT2D eigenvalue weighted by atomic mass is 32.2. The number of rotatable bonds is 4. The molecule has 20 heavy (non-hydrogen) atoms. The van der Waals surface area contributed by atoms with Crippen molar-refractivity contribution in [2.75, 3.05) is 18.2 Å². The first-order chi connectivity index (χ1) is 9.40. The van der Waals surface area contributed by atoms with E-state index in [4.69, 9.17) is 15.6 Å². The van der Waals surface area contributed by atoms with Crippen LogP contribution in [0.1, 0.15) is 0 Å². The minimum absolute atomic E-state index is 0.0854. The monoisotopic (exact) mass is 293 g/mol. The molecule has 2 aromatic carbocycles. The van der Waals surface area contributed by atoms with Crippen molar-refractivity contribution in [2.24, 2.45) is 5.14 Å². The Morgan fingerprint density at radius 1 is 1.05 bits per heavy atom. The first-order valence-electron chi connectivity index (χ1n) is 5.73. The lowest BCUT2D eigenvalue weighted by molar-refractivity contribution is 0.415. The van der Waals surface area contributed by atoms with Crippen LogP contribution in [0, 0.1) is 0 Å². The second-order valence-corrected chi connectivity index (χ2v) is 5.68. The van der Waals surface area contributed by atoms with E-state index in [1.807, 2.05) is 24.3 Å². The number of anilines is 3. The van der Waals surface area contributed by atoms with Gasteiger partial charge in [-0.15, -0.1) is 0 Å². The summed E-state index contributed by atoms with van der Waals surface area (Å²) in [6.45, 7) is 0. The molecule has 7 heteroatoms. The van der Waals surface area contributed by atoms with E-state index in [-0.39, 0.29) is 10.6 Å². The summed E-state index contributed by atoms with van der Waals surface area (Å²) in [6, 6.07) is 11.8. The zero-order valence-corrected chi connectivity index (χ0v) is 11.6. The van der Waals surface area contributed by atoms with Crippen molar-refractivity contribution in [1.29, 1.82) is 0 Å². The summed E-state index contributed by atoms with van der Waals surface area (Å²) in [6.07, 6.45) is 0. The van der Waals surface area contributed by atoms with Crippen LogP contribution in [0.2, 0.25) is 0 Å². The second kappa shape index (κ2) is 5.40. The number of sulfonamides is 1. The van der Waals surface area contributed by atoms with Gasteiger partial charge in [-0.05, 0) is 42.5 Å². The van der Waals surface area contributed by atoms with Crippen molar-refractivity contribution in [3.8, 4) is 5.75 Å². The molecular formula is C13H15N3O3S. The number of nitrogens with one attached hydrogen (secondary N) is 1. The molecular weight excluding hydrogens is 278 g/mol. The van der Waals surface area contributed by atoms with Gasteiger partial charge in [0.2, 0.25) is 10.0 Å². The number of benzene rings is 2. The molecule has 0 heterocycles. The fraction of sp³-hybridized carbons (Fsp3) is 0.0769. The number of hydrogen-bond donors (Lipinski definition) is 3. The normalized spacial score (nSPS) is 11.1. The zero-order valence-electron chi connectivity index (χ0n) is 10.8. The van der Waals surface area contributed by atoms with Gasteiger partial charge >= 0.3 is 0 Å². The highest BCUT2D eigenvalue weighted by Crippen LogP contribution is 2.25. The van der Waals surface area contributed by atoms with E-state index in [0.717, 1.165) is 11.4 Å². The van der Waals surface area contributed by atoms with Gasteiger partial charge in [-0.3, -0.25) is 0 Å². The molecule has 5 N–H and O–H groups in total. The summed E-state index contributed by atoms with van der Waals surface area (Å²) in [5, 5.41) is 8.15. The molecule has 106 valence electrons. The Hall–Kier alpha value is -2.25. The maximum Gasteiger partial charge on any atom is 0.240 e. The SMILES string of the molecule is COc1ccc(Nc2ccc(S(N)(=O)=O)c(N)c2)cc1. The van der Waals surface area contributed by atoms with E-state index in [0.29, 0.717) is 5.69 Å². The molecule has 0 saturated carbocycles. The quantitative estimate of drug-likeness (QED) is 0.743. The number of nitrogens with two attached hydrogens (primary N) is 2. The van der Waals surface area contributed by atoms with Crippen LogP contribution in [-0.4, -0.2) is 15.5 Å². The average molecular weight is 293 g/mol. The van der Waals surface area contributed by atoms with Gasteiger partial charge in [-0.1, -0.05) is 0 Å². The Morgan fingerprint density at radius 2 is 1.65 bits per heavy atom. The van der Waals surface area contributed by atoms with Crippen LogP contribution < -0.4 is 20.9 Å². The van der Waals surface area contributed by atoms with Gasteiger partial charge < -0.3 is 15.8 Å². The van der Waals surface area contributed by atoms with Crippen LogP contribution in [0.25, 0.3) is 0 Å². The number of hydrogen-bond acceptors (Lipinski definition) is 5. The Balaban J connectivity index is 2.24. The van der Waals surface area contributed by atoms with Crippen molar-refractivity contribution >= 4 is 27.1 Å². The summed E-state index contributed by atoms with van der Waals surface area (Å²) in [7, 11) is -2.21. The van der Waals surface area contributed by atoms with E-state index < -0.39 is 10.0 Å². The molecule has 0 aromatic heterocycles. The maximum atomic E-state index is 11.3. The molecule has 0 unspecified atom stereocenters. The van der Waals surface area contributed by atoms with Crippen molar-refractivity contribution in [1.82, 2.24) is 0 Å². The van der Waals surface area contributed by atoms with Crippen molar-refractivity contribution in [2.45, 2.75) is 4.90 Å². The largest absolute Gasteiger partial charge is 0.497 e. The lowest BCUT2D eigenvalue weighted by atomic mass is 10.2. The standard InChI is InChI=1S/C13H15N3O3S/c1-19-11-5-2-9(3-6-11)16-10-4-7-13(12(14)8-10)20(15,17)18/h2-8,16H,14H2,1H3,(H2,15,17,18). The zero-order chi connectivity index (χ0) is 14.8. The second-order valence-electron chi connectivity index (χ2n) is 4.15. The van der Waals surface area contributed by atoms with Gasteiger partial charge in [0.1, 0.15) is 10.6 Å². The molecule has 0 saturated heterocycles. The van der Waals surface area contributed by atoms with E-state index in [1.54, 1.807) is 13.2 Å². The molecule has 0 bridgehead atoms. The highest BCUT2D eigenvalue weighted by Gasteiger charge is 2.12. The third kappa shape index (κ3) is 3.19. The van der Waals surface area contributed by atoms with Crippen LogP contribution >= 0.6 is 0 Å². The van der Waals surface area contributed by atoms with Crippen molar-refractivity contribution < 1.29 is 13.2 Å². The number of primary sulfonamides is 1. The van der Waals surface area contributed by atoms with Crippen LogP contribution in [0.15, 0.2) is 47.4 Å². The van der Waals surface area contributed by atoms with E-state index >= 15 is 0 Å². The van der Waals surface area contributed by atoms with Gasteiger partial charge in [0.05, 0.1) is 12.8 Å². The van der Waals surface area contributed by atoms with Crippen LogP contribution in [0.3, 0.4) is 0 Å². The summed E-state index contributed by atoms with van der Waals surface area (Å²) in [4.78, 5) is -0.0854. The smallest absolute Gasteiger partial charge is 0.240 e. The van der Waals surface area contributed by atoms with E-state index in [2.05, 4.69) is 5.32 Å². The molecule has 0 aliphatic rings. The van der Waals surface area contributed by atoms with Crippen LogP contribution in [0.5, 0.6) is 5.75 Å². The van der Waals surface area contributed by atoms with Crippen LogP contribution in [-0.2, 0) is 10.0 Å². The summed E-state index contributed by atoms with van der Waals surface area (Å²) >= 11 is 0. The molecule has 0 radical (unpaired) electrons. The highest BCUT2D eigenvalue weighted by molar-refractivity contribution is 7.89. The van der Waals surface area contributed by atoms with Gasteiger partial charge in [-0.25, -0.2) is 13.6 Å². The Bertz CT molecular complexity index is 712. The van der Waals surface area contributed by atoms with Gasteiger partial charge in [0.15, 0.2) is 0 Å². The minimum Gasteiger partial charge on any atom is -0.497 e. The predicted molar refractivity (Wildman–Crippen MR) is 78.5 cm³/mol. The molecule has 0 amide bonds. The third-order valence-corrected chi connectivity index (χ3v) is 3.68. The van der Waals surface area contributed by atoms with Gasteiger partial charge in [-0.2, -0.15) is 0 Å². The first kappa shape index (κ1) is 14.2. The van der Waals surface area contributed by atoms with Crippen LogP contribution in [0.4, 0.5) is 17.1 Å². The number of ether oxygens (including phenoxy) is 1. The molecule has 0 atom stereocenters. The molecule has 2 rings (SSSR count). The number of methoxy groups -OCH3 is 1. The lowest BCUT2D eigenvalue weighted by Crippen LogP contribution is -2.14. The molecule has 6 nitrogen and oxygen atoms in total. The summed E-state index contributed by atoms with van der Waals surface area (Å²) < 4.78 is 27.6. The third-order valence-electron chi connectivity index (χ3n) is 2.70. The first-order valence-corrected chi connectivity index (χ1v) is 7.28. The average Bonchev–Trinajstić information content (AvgIpc) is 2.38. The fourth-order valence-electron chi connectivity index (χ4n) is 1.73.